The Morgan fingerprint density at radius 1 is 0.697 bits per heavy atom. The summed E-state index contributed by atoms with van der Waals surface area (Å²) in [4.78, 5) is 68.2. The molecule has 0 rings (SSSR count). The summed E-state index contributed by atoms with van der Waals surface area (Å²) < 4.78 is 79.0. The highest BCUT2D eigenvalue weighted by Gasteiger charge is 2.44. The van der Waals surface area contributed by atoms with Crippen molar-refractivity contribution in [3.63, 3.8) is 0 Å². The second-order valence-corrected chi connectivity index (χ2v) is 6.74. The molecule has 2 amide bonds. The van der Waals surface area contributed by atoms with Gasteiger partial charge in [-0.25, -0.2) is 9.59 Å². The van der Waals surface area contributed by atoms with E-state index in [1.54, 1.807) is 0 Å². The van der Waals surface area contributed by atoms with E-state index < -0.39 is 84.8 Å². The number of ether oxygens (including phenoxy) is 1. The predicted molar refractivity (Wildman–Crippen MR) is 89.9 cm³/mol. The smallest absolute Gasteiger partial charge is 0.471 e. The van der Waals surface area contributed by atoms with E-state index in [2.05, 4.69) is 4.74 Å². The Labute approximate surface area is 180 Å². The van der Waals surface area contributed by atoms with Crippen LogP contribution in [-0.2, 0) is 33.5 Å². The molecule has 0 saturated carbocycles. The van der Waals surface area contributed by atoms with Gasteiger partial charge in [-0.1, -0.05) is 13.8 Å². The molecular formula is C16H18F6N2O9. The third kappa shape index (κ3) is 10.2. The molecule has 0 aromatic rings. The molecule has 0 radical (unpaired) electrons. The average Bonchev–Trinajstić information content (AvgIpc) is 2.64. The predicted octanol–water partition coefficient (Wildman–Crippen LogP) is 0.372. The van der Waals surface area contributed by atoms with E-state index >= 15 is 0 Å². The number of carboxylic acid groups (broad SMARTS) is 2. The molecule has 17 heteroatoms. The lowest BCUT2D eigenvalue weighted by atomic mass is 10.0. The van der Waals surface area contributed by atoms with E-state index in [0.29, 0.717) is 0 Å². The van der Waals surface area contributed by atoms with Crippen molar-refractivity contribution in [1.82, 2.24) is 10.6 Å². The van der Waals surface area contributed by atoms with Gasteiger partial charge in [0.05, 0.1) is 11.8 Å². The molecule has 0 aliphatic heterocycles. The van der Waals surface area contributed by atoms with E-state index in [0.717, 1.165) is 24.5 Å². The van der Waals surface area contributed by atoms with Gasteiger partial charge in [0, 0.05) is 0 Å². The molecule has 4 atom stereocenters. The topological polar surface area (TPSA) is 176 Å². The van der Waals surface area contributed by atoms with Gasteiger partial charge in [-0.2, -0.15) is 26.3 Å². The Morgan fingerprint density at radius 2 is 0.970 bits per heavy atom. The standard InChI is InChI=1S/C16H18F6N2O9/c1-5(9(25)26)3-7(23-13(31)15(17,18)19)11(29)33-12(30)8(4-6(2)10(27)28)24-14(32)16(20,21)22/h5-8H,3-4H2,1-2H3,(H,23,31)(H,24,32)(H,25,26)(H,27,28). The molecule has 0 aromatic heterocycles. The molecule has 0 saturated heterocycles. The van der Waals surface area contributed by atoms with Crippen LogP contribution in [0.5, 0.6) is 0 Å². The van der Waals surface area contributed by atoms with Crippen molar-refractivity contribution in [1.29, 1.82) is 0 Å². The Balaban J connectivity index is 5.73. The van der Waals surface area contributed by atoms with Crippen molar-refractivity contribution in [2.24, 2.45) is 11.8 Å². The minimum absolute atomic E-state index is 0.922. The minimum Gasteiger partial charge on any atom is -0.481 e. The molecule has 0 heterocycles. The van der Waals surface area contributed by atoms with Crippen molar-refractivity contribution in [3.05, 3.63) is 0 Å². The Hall–Kier alpha value is -3.40. The normalized spacial score (nSPS) is 15.4. The van der Waals surface area contributed by atoms with Gasteiger partial charge >= 0.3 is 48.0 Å². The van der Waals surface area contributed by atoms with Gasteiger partial charge in [-0.05, 0) is 12.8 Å². The molecule has 0 spiro atoms. The highest BCUT2D eigenvalue weighted by molar-refractivity contribution is 5.96. The van der Waals surface area contributed by atoms with Crippen LogP contribution >= 0.6 is 0 Å². The Kier molecular flexibility index (Phi) is 10.3. The largest absolute Gasteiger partial charge is 0.481 e. The first-order valence-electron chi connectivity index (χ1n) is 8.73. The molecule has 33 heavy (non-hydrogen) atoms. The maximum absolute atomic E-state index is 12.5. The summed E-state index contributed by atoms with van der Waals surface area (Å²) in [6.07, 6.45) is -13.1. The summed E-state index contributed by atoms with van der Waals surface area (Å²) in [5, 5.41) is 19.9. The van der Waals surface area contributed by atoms with E-state index in [1.165, 1.54) is 0 Å². The second-order valence-electron chi connectivity index (χ2n) is 6.74. The van der Waals surface area contributed by atoms with Gasteiger partial charge in [0.25, 0.3) is 0 Å². The number of aliphatic carboxylic acids is 2. The summed E-state index contributed by atoms with van der Waals surface area (Å²) in [6.45, 7) is 1.84. The zero-order chi connectivity index (χ0) is 26.3. The number of nitrogens with one attached hydrogen (secondary N) is 2. The molecular weight excluding hydrogens is 478 g/mol. The number of hydrogen-bond acceptors (Lipinski definition) is 7. The van der Waals surface area contributed by atoms with Crippen LogP contribution in [0.15, 0.2) is 0 Å². The molecule has 0 bridgehead atoms. The van der Waals surface area contributed by atoms with Crippen LogP contribution in [0, 0.1) is 11.8 Å². The lowest BCUT2D eigenvalue weighted by molar-refractivity contribution is -0.179. The summed E-state index contributed by atoms with van der Waals surface area (Å²) in [5.74, 6) is -15.7. The highest BCUT2D eigenvalue weighted by atomic mass is 19.4. The monoisotopic (exact) mass is 496 g/mol. The van der Waals surface area contributed by atoms with Crippen molar-refractivity contribution in [2.45, 2.75) is 51.1 Å². The molecule has 0 aliphatic rings. The molecule has 0 aliphatic carbocycles. The first kappa shape index (κ1) is 29.6. The van der Waals surface area contributed by atoms with Gasteiger partial charge in [-0.3, -0.25) is 19.2 Å². The third-order valence-electron chi connectivity index (χ3n) is 3.92. The fourth-order valence-corrected chi connectivity index (χ4v) is 2.06. The van der Waals surface area contributed by atoms with Gasteiger partial charge < -0.3 is 25.6 Å². The summed E-state index contributed by atoms with van der Waals surface area (Å²) in [7, 11) is 0. The van der Waals surface area contributed by atoms with E-state index in [1.807, 2.05) is 0 Å². The number of rotatable bonds is 10. The number of hydrogen-bond donors (Lipinski definition) is 4. The maximum Gasteiger partial charge on any atom is 0.471 e. The zero-order valence-electron chi connectivity index (χ0n) is 16.7. The van der Waals surface area contributed by atoms with Crippen molar-refractivity contribution >= 4 is 35.7 Å². The van der Waals surface area contributed by atoms with Crippen molar-refractivity contribution < 1.29 is 70.1 Å². The number of alkyl halides is 6. The molecule has 4 unspecified atom stereocenters. The van der Waals surface area contributed by atoms with Crippen LogP contribution in [0.4, 0.5) is 26.3 Å². The van der Waals surface area contributed by atoms with Crippen molar-refractivity contribution in [2.75, 3.05) is 0 Å². The van der Waals surface area contributed by atoms with Gasteiger partial charge in [0.1, 0.15) is 12.1 Å². The molecule has 4 N–H and O–H groups in total. The third-order valence-corrected chi connectivity index (χ3v) is 3.92. The molecule has 11 nitrogen and oxygen atoms in total. The van der Waals surface area contributed by atoms with Crippen molar-refractivity contribution in [3.8, 4) is 0 Å². The van der Waals surface area contributed by atoms with Crippen LogP contribution in [-0.4, -0.2) is 70.3 Å². The first-order chi connectivity index (χ1) is 14.8. The molecule has 0 aromatic carbocycles. The first-order valence-corrected chi connectivity index (χ1v) is 8.73. The summed E-state index contributed by atoms with van der Waals surface area (Å²) in [5.41, 5.74) is 0. The van der Waals surface area contributed by atoms with Gasteiger partial charge in [0.15, 0.2) is 0 Å². The maximum atomic E-state index is 12.5. The van der Waals surface area contributed by atoms with E-state index in [9.17, 15) is 55.1 Å². The summed E-state index contributed by atoms with van der Waals surface area (Å²) in [6, 6.07) is -4.77. The van der Waals surface area contributed by atoms with Gasteiger partial charge in [-0.15, -0.1) is 0 Å². The van der Waals surface area contributed by atoms with Gasteiger partial charge in [0.2, 0.25) is 0 Å². The Morgan fingerprint density at radius 3 is 1.18 bits per heavy atom. The second kappa shape index (κ2) is 11.5. The number of amides is 2. The lowest BCUT2D eigenvalue weighted by Crippen LogP contribution is -2.52. The molecule has 188 valence electrons. The van der Waals surface area contributed by atoms with E-state index in [4.69, 9.17) is 10.2 Å². The fraction of sp³-hybridized carbons (Fsp3) is 0.625. The number of carbonyl (C=O) groups is 6. The average molecular weight is 496 g/mol. The van der Waals surface area contributed by atoms with Crippen LogP contribution < -0.4 is 10.6 Å². The highest BCUT2D eigenvalue weighted by Crippen LogP contribution is 2.18. The fourth-order valence-electron chi connectivity index (χ4n) is 2.06. The quantitative estimate of drug-likeness (QED) is 0.189. The van der Waals surface area contributed by atoms with Crippen LogP contribution in [0.2, 0.25) is 0 Å². The number of carbonyl (C=O) groups excluding carboxylic acids is 4. The summed E-state index contributed by atoms with van der Waals surface area (Å²) >= 11 is 0. The van der Waals surface area contributed by atoms with E-state index in [-0.39, 0.29) is 0 Å². The zero-order valence-corrected chi connectivity index (χ0v) is 16.7. The van der Waals surface area contributed by atoms with Crippen LogP contribution in [0.25, 0.3) is 0 Å². The van der Waals surface area contributed by atoms with Crippen LogP contribution in [0.1, 0.15) is 26.7 Å². The minimum atomic E-state index is -5.53. The van der Waals surface area contributed by atoms with Crippen LogP contribution in [0.3, 0.4) is 0 Å². The number of esters is 2. The number of halogens is 6. The lowest BCUT2D eigenvalue weighted by Gasteiger charge is -2.22. The molecule has 0 fully saturated rings. The number of carboxylic acids is 2. The Bertz CT molecular complexity index is 732. The SMILES string of the molecule is CC(CC(NC(=O)C(F)(F)F)C(=O)OC(=O)C(CC(C)C(=O)O)NC(=O)C(F)(F)F)C(=O)O.